The zero-order valence-corrected chi connectivity index (χ0v) is 21.0. The monoisotopic (exact) mass is 517 g/mol. The Hall–Kier alpha value is -3.74. The van der Waals surface area contributed by atoms with Crippen LogP contribution in [0.4, 0.5) is 0 Å². The van der Waals surface area contributed by atoms with Gasteiger partial charge in [-0.2, -0.15) is 0 Å². The number of ether oxygens (including phenoxy) is 2. The van der Waals surface area contributed by atoms with Gasteiger partial charge in [0.2, 0.25) is 0 Å². The first-order valence-electron chi connectivity index (χ1n) is 11.4. The number of methoxy groups -OCH3 is 2. The molecule has 1 aliphatic rings. The van der Waals surface area contributed by atoms with E-state index in [1.165, 1.54) is 0 Å². The second-order valence-corrected chi connectivity index (χ2v) is 9.41. The van der Waals surface area contributed by atoms with Crippen molar-refractivity contribution in [3.8, 4) is 23.0 Å². The summed E-state index contributed by atoms with van der Waals surface area (Å²) in [6, 6.07) is 21.6. The second-order valence-electron chi connectivity index (χ2n) is 8.59. The number of imidazole rings is 1. The molecule has 2 aromatic heterocycles. The Bertz CT molecular complexity index is 1620. The molecule has 2 atom stereocenters. The van der Waals surface area contributed by atoms with Crippen molar-refractivity contribution in [1.82, 2.24) is 14.1 Å². The van der Waals surface area contributed by atoms with E-state index in [-0.39, 0.29) is 5.78 Å². The van der Waals surface area contributed by atoms with E-state index in [2.05, 4.69) is 4.57 Å². The van der Waals surface area contributed by atoms with E-state index < -0.39 is 12.1 Å². The molecule has 0 amide bonds. The number of ketones is 1. The first-order chi connectivity index (χ1) is 17.5. The summed E-state index contributed by atoms with van der Waals surface area (Å²) >= 11 is 12.8. The molecule has 180 valence electrons. The number of halogens is 2. The number of hydrogen-bond acceptors (Lipinski definition) is 4. The fourth-order valence-corrected chi connectivity index (χ4v) is 5.40. The highest BCUT2D eigenvalue weighted by Gasteiger charge is 2.41. The number of carbonyl (C=O) groups excluding carboxylic acids is 1. The first kappa shape index (κ1) is 22.7. The molecule has 0 fully saturated rings. The third-order valence-corrected chi connectivity index (χ3v) is 7.42. The molecule has 0 aliphatic carbocycles. The summed E-state index contributed by atoms with van der Waals surface area (Å²) < 4.78 is 15.1. The number of hydrogen-bond donors (Lipinski definition) is 0. The molecule has 3 aromatic carbocycles. The molecule has 0 radical (unpaired) electrons. The van der Waals surface area contributed by atoms with E-state index in [4.69, 9.17) is 37.7 Å². The van der Waals surface area contributed by atoms with Gasteiger partial charge in [0.25, 0.3) is 0 Å². The SMILES string of the molecule is COc1ccc(OC)c(C(=O)[C@H]2[C@H](c3ccccc3)n3c(nc4cc(Cl)c(Cl)cc43)-c3cccn32)c1. The number of nitrogens with zero attached hydrogens (tertiary/aromatic N) is 3. The number of fused-ring (bicyclic) bond motifs is 5. The lowest BCUT2D eigenvalue weighted by Gasteiger charge is -2.36. The normalized spacial score (nSPS) is 16.4. The Morgan fingerprint density at radius 3 is 2.44 bits per heavy atom. The molecule has 6 nitrogen and oxygen atoms in total. The maximum absolute atomic E-state index is 14.4. The number of Topliss-reactive ketones (excluding diaryl/α,β-unsaturated/α-hetero) is 1. The van der Waals surface area contributed by atoms with Crippen LogP contribution in [0.1, 0.15) is 28.0 Å². The Balaban J connectivity index is 1.66. The highest BCUT2D eigenvalue weighted by molar-refractivity contribution is 6.42. The topological polar surface area (TPSA) is 58.3 Å². The van der Waals surface area contributed by atoms with Crippen LogP contribution in [0.15, 0.2) is 79.0 Å². The molecule has 1 aliphatic heterocycles. The number of benzene rings is 3. The lowest BCUT2D eigenvalue weighted by atomic mass is 9.89. The quantitative estimate of drug-likeness (QED) is 0.239. The maximum Gasteiger partial charge on any atom is 0.191 e. The Kier molecular flexibility index (Phi) is 5.51. The van der Waals surface area contributed by atoms with Gasteiger partial charge in [-0.1, -0.05) is 53.5 Å². The molecule has 0 spiro atoms. The van der Waals surface area contributed by atoms with Crippen molar-refractivity contribution in [1.29, 1.82) is 0 Å². The van der Waals surface area contributed by atoms with Crippen molar-refractivity contribution in [2.75, 3.05) is 14.2 Å². The zero-order chi connectivity index (χ0) is 25.0. The van der Waals surface area contributed by atoms with Crippen LogP contribution in [0.3, 0.4) is 0 Å². The van der Waals surface area contributed by atoms with Gasteiger partial charge in [-0.3, -0.25) is 4.79 Å². The average Bonchev–Trinajstić information content (AvgIpc) is 3.53. The van der Waals surface area contributed by atoms with E-state index in [9.17, 15) is 4.79 Å². The van der Waals surface area contributed by atoms with Crippen molar-refractivity contribution in [2.24, 2.45) is 0 Å². The number of aromatic nitrogens is 3. The molecule has 3 heterocycles. The van der Waals surface area contributed by atoms with Crippen LogP contribution in [-0.2, 0) is 0 Å². The van der Waals surface area contributed by atoms with Gasteiger partial charge >= 0.3 is 0 Å². The summed E-state index contributed by atoms with van der Waals surface area (Å²) in [5.74, 6) is 1.69. The van der Waals surface area contributed by atoms with Gasteiger partial charge in [0, 0.05) is 6.20 Å². The number of rotatable bonds is 5. The lowest BCUT2D eigenvalue weighted by Crippen LogP contribution is -2.34. The first-order valence-corrected chi connectivity index (χ1v) is 12.1. The summed E-state index contributed by atoms with van der Waals surface area (Å²) in [5.41, 5.74) is 3.74. The van der Waals surface area contributed by atoms with Crippen molar-refractivity contribution < 1.29 is 14.3 Å². The second kappa shape index (κ2) is 8.73. The summed E-state index contributed by atoms with van der Waals surface area (Å²) in [7, 11) is 3.13. The maximum atomic E-state index is 14.4. The van der Waals surface area contributed by atoms with Crippen molar-refractivity contribution in [3.05, 3.63) is 100 Å². The lowest BCUT2D eigenvalue weighted by molar-refractivity contribution is 0.0891. The molecular formula is C28H21Cl2N3O3. The highest BCUT2D eigenvalue weighted by Crippen LogP contribution is 2.46. The molecule has 0 saturated heterocycles. The van der Waals surface area contributed by atoms with Crippen LogP contribution in [-0.4, -0.2) is 34.1 Å². The molecule has 0 unspecified atom stereocenters. The van der Waals surface area contributed by atoms with Crippen LogP contribution in [0.5, 0.6) is 11.5 Å². The largest absolute Gasteiger partial charge is 0.497 e. The van der Waals surface area contributed by atoms with Gasteiger partial charge in [0.15, 0.2) is 11.6 Å². The third kappa shape index (κ3) is 3.40. The molecule has 36 heavy (non-hydrogen) atoms. The van der Waals surface area contributed by atoms with Crippen molar-refractivity contribution in [2.45, 2.75) is 12.1 Å². The van der Waals surface area contributed by atoms with Gasteiger partial charge in [0.1, 0.15) is 17.5 Å². The fourth-order valence-electron chi connectivity index (χ4n) is 5.09. The van der Waals surface area contributed by atoms with Gasteiger partial charge in [-0.15, -0.1) is 0 Å². The molecule has 6 rings (SSSR count). The molecule has 0 bridgehead atoms. The molecular weight excluding hydrogens is 497 g/mol. The molecule has 5 aromatic rings. The molecule has 0 saturated carbocycles. The third-order valence-electron chi connectivity index (χ3n) is 6.70. The Morgan fingerprint density at radius 2 is 1.69 bits per heavy atom. The van der Waals surface area contributed by atoms with Crippen molar-refractivity contribution >= 4 is 40.0 Å². The van der Waals surface area contributed by atoms with E-state index >= 15 is 0 Å². The minimum absolute atomic E-state index is 0.107. The summed E-state index contributed by atoms with van der Waals surface area (Å²) in [4.78, 5) is 19.4. The van der Waals surface area contributed by atoms with Crippen LogP contribution in [0.25, 0.3) is 22.6 Å². The van der Waals surface area contributed by atoms with E-state index in [0.29, 0.717) is 32.6 Å². The smallest absolute Gasteiger partial charge is 0.191 e. The minimum Gasteiger partial charge on any atom is -0.497 e. The van der Waals surface area contributed by atoms with Gasteiger partial charge in [-0.05, 0) is 48.0 Å². The summed E-state index contributed by atoms with van der Waals surface area (Å²) in [5, 5.41) is 0.858. The van der Waals surface area contributed by atoms with E-state index in [0.717, 1.165) is 22.6 Å². The summed E-state index contributed by atoms with van der Waals surface area (Å²) in [6.45, 7) is 0. The van der Waals surface area contributed by atoms with E-state index in [1.54, 1.807) is 38.5 Å². The predicted octanol–water partition coefficient (Wildman–Crippen LogP) is 6.86. The Labute approximate surface area is 217 Å². The van der Waals surface area contributed by atoms with Gasteiger partial charge in [-0.25, -0.2) is 4.98 Å². The molecule has 8 heteroatoms. The van der Waals surface area contributed by atoms with Crippen molar-refractivity contribution in [3.63, 3.8) is 0 Å². The van der Waals surface area contributed by atoms with E-state index in [1.807, 2.05) is 59.3 Å². The summed E-state index contributed by atoms with van der Waals surface area (Å²) in [6.07, 6.45) is 1.92. The standard InChI is InChI=1S/C28H21Cl2N3O3/c1-35-17-10-11-24(36-2)18(13-17)27(34)26-25(16-7-4-3-5-8-16)33-23-15-20(30)19(29)14-21(23)31-28(33)22-9-6-12-32(22)26/h3-15,25-26H,1-2H3/t25-,26+/m0/s1. The van der Waals surface area contributed by atoms with Gasteiger partial charge in [0.05, 0.1) is 52.6 Å². The van der Waals surface area contributed by atoms with Crippen LogP contribution in [0.2, 0.25) is 10.0 Å². The number of carbonyl (C=O) groups is 1. The Morgan fingerprint density at radius 1 is 0.917 bits per heavy atom. The van der Waals surface area contributed by atoms with Crippen LogP contribution >= 0.6 is 23.2 Å². The highest BCUT2D eigenvalue weighted by atomic mass is 35.5. The average molecular weight is 518 g/mol. The zero-order valence-electron chi connectivity index (χ0n) is 19.5. The predicted molar refractivity (Wildman–Crippen MR) is 141 cm³/mol. The van der Waals surface area contributed by atoms with Gasteiger partial charge < -0.3 is 18.6 Å². The van der Waals surface area contributed by atoms with Crippen LogP contribution in [0, 0.1) is 0 Å². The molecule has 0 N–H and O–H groups in total. The minimum atomic E-state index is -0.627. The fraction of sp³-hybridized carbons (Fsp3) is 0.143. The van der Waals surface area contributed by atoms with Crippen LogP contribution < -0.4 is 9.47 Å².